The first-order valence-electron chi connectivity index (χ1n) is 6.29. The molecule has 5 nitrogen and oxygen atoms in total. The second-order valence-corrected chi connectivity index (χ2v) is 5.09. The number of likely N-dealkylation sites (N-methyl/N-ethyl adjacent to an activating group) is 1. The maximum Gasteiger partial charge on any atom is 0.329 e. The molecule has 2 rings (SSSR count). The second-order valence-electron chi connectivity index (χ2n) is 5.09. The zero-order valence-electron chi connectivity index (χ0n) is 10.9. The minimum Gasteiger partial charge on any atom is -0.480 e. The summed E-state index contributed by atoms with van der Waals surface area (Å²) in [5, 5.41) is 11.6. The molecule has 5 heteroatoms. The van der Waals surface area contributed by atoms with Crippen LogP contribution in [-0.2, 0) is 16.1 Å². The molecule has 0 radical (unpaired) electrons. The van der Waals surface area contributed by atoms with Crippen molar-refractivity contribution in [1.82, 2.24) is 10.2 Å². The van der Waals surface area contributed by atoms with Crippen LogP contribution < -0.4 is 5.32 Å². The quantitative estimate of drug-likeness (QED) is 0.797. The molecule has 1 saturated carbocycles. The maximum atomic E-state index is 11.8. The Morgan fingerprint density at radius 2 is 1.95 bits per heavy atom. The minimum absolute atomic E-state index is 0.198. The Balaban J connectivity index is 1.81. The first-order chi connectivity index (χ1) is 9.02. The van der Waals surface area contributed by atoms with Crippen molar-refractivity contribution in [2.75, 3.05) is 13.6 Å². The van der Waals surface area contributed by atoms with Gasteiger partial charge in [-0.05, 0) is 25.5 Å². The highest BCUT2D eigenvalue weighted by Crippen LogP contribution is 2.35. The molecule has 0 atom stereocenters. The van der Waals surface area contributed by atoms with Crippen molar-refractivity contribution < 1.29 is 14.7 Å². The van der Waals surface area contributed by atoms with Crippen molar-refractivity contribution in [3.8, 4) is 0 Å². The second kappa shape index (κ2) is 5.40. The highest BCUT2D eigenvalue weighted by Gasteiger charge is 2.51. The number of carbonyl (C=O) groups excluding carboxylic acids is 1. The van der Waals surface area contributed by atoms with Crippen LogP contribution in [0.3, 0.4) is 0 Å². The Morgan fingerprint density at radius 1 is 1.32 bits per heavy atom. The Kier molecular flexibility index (Phi) is 3.85. The number of hydrogen-bond donors (Lipinski definition) is 2. The van der Waals surface area contributed by atoms with Gasteiger partial charge in [0.05, 0.1) is 6.54 Å². The molecule has 0 spiro atoms. The Bertz CT molecular complexity index is 469. The first-order valence-corrected chi connectivity index (χ1v) is 6.29. The van der Waals surface area contributed by atoms with Crippen LogP contribution in [0.2, 0.25) is 0 Å². The van der Waals surface area contributed by atoms with E-state index in [9.17, 15) is 9.59 Å². The average molecular weight is 262 g/mol. The van der Waals surface area contributed by atoms with E-state index in [-0.39, 0.29) is 12.5 Å². The summed E-state index contributed by atoms with van der Waals surface area (Å²) in [6.45, 7) is 0.859. The van der Waals surface area contributed by atoms with E-state index in [1.54, 1.807) is 0 Å². The van der Waals surface area contributed by atoms with Gasteiger partial charge in [-0.2, -0.15) is 0 Å². The molecule has 0 aliphatic heterocycles. The normalized spacial score (nSPS) is 16.1. The third-order valence-electron chi connectivity index (χ3n) is 3.25. The van der Waals surface area contributed by atoms with E-state index in [1.807, 2.05) is 42.3 Å². The Morgan fingerprint density at radius 3 is 2.47 bits per heavy atom. The average Bonchev–Trinajstić information content (AvgIpc) is 3.10. The standard InChI is InChI=1S/C14H18N2O3/c1-16(9-11-5-3-2-4-6-11)10-12(17)15-14(7-8-14)13(18)19/h2-6H,7-10H2,1H3,(H,15,17)(H,18,19). The number of carbonyl (C=O) groups is 2. The van der Waals surface area contributed by atoms with Crippen molar-refractivity contribution in [1.29, 1.82) is 0 Å². The summed E-state index contributed by atoms with van der Waals surface area (Å²) < 4.78 is 0. The van der Waals surface area contributed by atoms with Crippen molar-refractivity contribution in [2.45, 2.75) is 24.9 Å². The van der Waals surface area contributed by atoms with Crippen LogP contribution in [0.25, 0.3) is 0 Å². The summed E-state index contributed by atoms with van der Waals surface area (Å²) in [6, 6.07) is 9.84. The Hall–Kier alpha value is -1.88. The summed E-state index contributed by atoms with van der Waals surface area (Å²) in [7, 11) is 1.84. The lowest BCUT2D eigenvalue weighted by Crippen LogP contribution is -2.46. The smallest absolute Gasteiger partial charge is 0.329 e. The lowest BCUT2D eigenvalue weighted by Gasteiger charge is -2.18. The van der Waals surface area contributed by atoms with Gasteiger partial charge in [-0.3, -0.25) is 9.69 Å². The summed E-state index contributed by atoms with van der Waals surface area (Å²) in [5.41, 5.74) is 0.127. The van der Waals surface area contributed by atoms with Gasteiger partial charge in [0, 0.05) is 6.54 Å². The van der Waals surface area contributed by atoms with Crippen LogP contribution in [-0.4, -0.2) is 41.0 Å². The minimum atomic E-state index is -0.995. The fourth-order valence-electron chi connectivity index (χ4n) is 2.02. The fraction of sp³-hybridized carbons (Fsp3) is 0.429. The molecular formula is C14H18N2O3. The lowest BCUT2D eigenvalue weighted by atomic mass is 10.2. The number of amides is 1. The monoisotopic (exact) mass is 262 g/mol. The van der Waals surface area contributed by atoms with E-state index in [1.165, 1.54) is 0 Å². The molecule has 1 aromatic rings. The van der Waals surface area contributed by atoms with Crippen LogP contribution in [0.5, 0.6) is 0 Å². The van der Waals surface area contributed by atoms with Crippen LogP contribution in [0.4, 0.5) is 0 Å². The van der Waals surface area contributed by atoms with E-state index >= 15 is 0 Å². The van der Waals surface area contributed by atoms with Crippen LogP contribution in [0.15, 0.2) is 30.3 Å². The summed E-state index contributed by atoms with van der Waals surface area (Å²) in [6.07, 6.45) is 1.05. The van der Waals surface area contributed by atoms with E-state index in [0.717, 1.165) is 5.56 Å². The van der Waals surface area contributed by atoms with Gasteiger partial charge in [-0.15, -0.1) is 0 Å². The van der Waals surface area contributed by atoms with Gasteiger partial charge in [-0.25, -0.2) is 4.79 Å². The largest absolute Gasteiger partial charge is 0.480 e. The molecule has 0 heterocycles. The molecule has 1 aliphatic rings. The molecule has 1 fully saturated rings. The van der Waals surface area contributed by atoms with Gasteiger partial charge >= 0.3 is 5.97 Å². The molecule has 1 amide bonds. The van der Waals surface area contributed by atoms with E-state index in [2.05, 4.69) is 5.32 Å². The van der Waals surface area contributed by atoms with Crippen molar-refractivity contribution in [3.63, 3.8) is 0 Å². The highest BCUT2D eigenvalue weighted by molar-refractivity contribution is 5.90. The van der Waals surface area contributed by atoms with Gasteiger partial charge in [-0.1, -0.05) is 30.3 Å². The van der Waals surface area contributed by atoms with E-state index < -0.39 is 11.5 Å². The number of hydrogen-bond acceptors (Lipinski definition) is 3. The zero-order chi connectivity index (χ0) is 13.9. The number of carboxylic acid groups (broad SMARTS) is 1. The third kappa shape index (κ3) is 3.54. The van der Waals surface area contributed by atoms with Gasteiger partial charge < -0.3 is 10.4 Å². The Labute approximate surface area is 112 Å². The maximum absolute atomic E-state index is 11.8. The van der Waals surface area contributed by atoms with Gasteiger partial charge in [0.25, 0.3) is 0 Å². The van der Waals surface area contributed by atoms with E-state index in [4.69, 9.17) is 5.11 Å². The number of nitrogens with one attached hydrogen (secondary N) is 1. The van der Waals surface area contributed by atoms with Crippen molar-refractivity contribution in [2.24, 2.45) is 0 Å². The fourth-order valence-corrected chi connectivity index (χ4v) is 2.02. The molecule has 1 aromatic carbocycles. The van der Waals surface area contributed by atoms with E-state index in [0.29, 0.717) is 19.4 Å². The molecule has 1 aliphatic carbocycles. The number of benzene rings is 1. The first kappa shape index (κ1) is 13.5. The predicted molar refractivity (Wildman–Crippen MR) is 70.5 cm³/mol. The topological polar surface area (TPSA) is 69.6 Å². The van der Waals surface area contributed by atoms with Crippen LogP contribution in [0, 0.1) is 0 Å². The molecule has 19 heavy (non-hydrogen) atoms. The van der Waals surface area contributed by atoms with Gasteiger partial charge in [0.1, 0.15) is 5.54 Å². The molecule has 0 saturated heterocycles. The van der Waals surface area contributed by atoms with Crippen molar-refractivity contribution >= 4 is 11.9 Å². The number of nitrogens with zero attached hydrogens (tertiary/aromatic N) is 1. The summed E-state index contributed by atoms with van der Waals surface area (Å²) >= 11 is 0. The summed E-state index contributed by atoms with van der Waals surface area (Å²) in [5.74, 6) is -1.18. The molecule has 2 N–H and O–H groups in total. The lowest BCUT2D eigenvalue weighted by molar-refractivity contribution is -0.143. The predicted octanol–water partition coefficient (Wildman–Crippen LogP) is 0.852. The molecule has 0 bridgehead atoms. The summed E-state index contributed by atoms with van der Waals surface area (Å²) in [4.78, 5) is 24.6. The molecular weight excluding hydrogens is 244 g/mol. The van der Waals surface area contributed by atoms with Gasteiger partial charge in [0.2, 0.25) is 5.91 Å². The van der Waals surface area contributed by atoms with Crippen LogP contribution in [0.1, 0.15) is 18.4 Å². The number of aliphatic carboxylic acids is 1. The third-order valence-corrected chi connectivity index (χ3v) is 3.25. The SMILES string of the molecule is CN(CC(=O)NC1(C(=O)O)CC1)Cc1ccccc1. The van der Waals surface area contributed by atoms with Crippen LogP contribution >= 0.6 is 0 Å². The number of carboxylic acids is 1. The highest BCUT2D eigenvalue weighted by atomic mass is 16.4. The van der Waals surface area contributed by atoms with Gasteiger partial charge in [0.15, 0.2) is 0 Å². The van der Waals surface area contributed by atoms with Crippen molar-refractivity contribution in [3.05, 3.63) is 35.9 Å². The molecule has 0 aromatic heterocycles. The zero-order valence-corrected chi connectivity index (χ0v) is 10.9. The molecule has 102 valence electrons. The molecule has 0 unspecified atom stereocenters. The number of rotatable bonds is 6.